The number of pyridine rings is 1. The highest BCUT2D eigenvalue weighted by molar-refractivity contribution is 6.34. The summed E-state index contributed by atoms with van der Waals surface area (Å²) < 4.78 is 0. The Labute approximate surface area is 103 Å². The third-order valence-corrected chi connectivity index (χ3v) is 2.83. The predicted molar refractivity (Wildman–Crippen MR) is 67.8 cm³/mol. The Morgan fingerprint density at radius 3 is 2.35 bits per heavy atom. The zero-order valence-corrected chi connectivity index (χ0v) is 9.59. The van der Waals surface area contributed by atoms with E-state index in [1.165, 1.54) is 0 Å². The number of hydrogen-bond acceptors (Lipinski definition) is 3. The summed E-state index contributed by atoms with van der Waals surface area (Å²) in [6.45, 7) is 0. The summed E-state index contributed by atoms with van der Waals surface area (Å²) in [5.41, 5.74) is 1.55. The lowest BCUT2D eigenvalue weighted by atomic mass is 10.1. The first-order valence-electron chi connectivity index (χ1n) is 5.18. The Morgan fingerprint density at radius 2 is 1.59 bits per heavy atom. The molecule has 0 fully saturated rings. The van der Waals surface area contributed by atoms with Gasteiger partial charge in [-0.1, -0.05) is 41.9 Å². The van der Waals surface area contributed by atoms with Gasteiger partial charge in [0.15, 0.2) is 5.15 Å². The van der Waals surface area contributed by atoms with Crippen LogP contribution < -0.4 is 0 Å². The van der Waals surface area contributed by atoms with Gasteiger partial charge >= 0.3 is 0 Å². The number of fused-ring (bicyclic) bond motifs is 1. The molecule has 0 aliphatic carbocycles. The molecule has 2 heterocycles. The predicted octanol–water partition coefficient (Wildman–Crippen LogP) is 3.35. The highest BCUT2D eigenvalue weighted by Gasteiger charge is 2.09. The van der Waals surface area contributed by atoms with E-state index in [4.69, 9.17) is 11.6 Å². The van der Waals surface area contributed by atoms with Crippen molar-refractivity contribution in [3.8, 4) is 11.4 Å². The smallest absolute Gasteiger partial charge is 0.159 e. The van der Waals surface area contributed by atoms with Crippen molar-refractivity contribution in [1.82, 2.24) is 15.2 Å². The summed E-state index contributed by atoms with van der Waals surface area (Å²) in [5.74, 6) is 0. The van der Waals surface area contributed by atoms with Crippen molar-refractivity contribution in [1.29, 1.82) is 0 Å². The van der Waals surface area contributed by atoms with Crippen molar-refractivity contribution in [2.45, 2.75) is 0 Å². The summed E-state index contributed by atoms with van der Waals surface area (Å²) >= 11 is 6.02. The summed E-state index contributed by atoms with van der Waals surface area (Å²) in [7, 11) is 0. The Kier molecular flexibility index (Phi) is 2.46. The lowest BCUT2D eigenvalue weighted by Gasteiger charge is -2.04. The van der Waals surface area contributed by atoms with E-state index in [0.29, 0.717) is 5.15 Å². The second-order valence-electron chi connectivity index (χ2n) is 3.60. The average molecular weight is 242 g/mol. The Morgan fingerprint density at radius 1 is 0.824 bits per heavy atom. The molecule has 0 radical (unpaired) electrons. The van der Waals surface area contributed by atoms with Crippen LogP contribution in [0.5, 0.6) is 0 Å². The largest absolute Gasteiger partial charge is 0.255 e. The summed E-state index contributed by atoms with van der Waals surface area (Å²) in [6.07, 6.45) is 1.74. The molecule has 3 aromatic rings. The summed E-state index contributed by atoms with van der Waals surface area (Å²) in [6, 6.07) is 13.5. The minimum absolute atomic E-state index is 0.417. The van der Waals surface area contributed by atoms with Gasteiger partial charge in [0.1, 0.15) is 5.69 Å². The van der Waals surface area contributed by atoms with E-state index in [0.717, 1.165) is 22.2 Å². The molecule has 3 nitrogen and oxygen atoms in total. The van der Waals surface area contributed by atoms with Gasteiger partial charge in [-0.05, 0) is 12.1 Å². The highest BCUT2D eigenvalue weighted by Crippen LogP contribution is 2.27. The number of nitrogens with zero attached hydrogens (tertiary/aromatic N) is 3. The van der Waals surface area contributed by atoms with Crippen molar-refractivity contribution in [2.24, 2.45) is 0 Å². The topological polar surface area (TPSA) is 38.7 Å². The van der Waals surface area contributed by atoms with Gasteiger partial charge in [-0.25, -0.2) is 0 Å². The van der Waals surface area contributed by atoms with Gasteiger partial charge in [-0.2, -0.15) is 0 Å². The number of halogens is 1. The fraction of sp³-hybridized carbons (Fsp3) is 0. The molecule has 4 heteroatoms. The molecule has 0 aliphatic heterocycles. The number of benzene rings is 1. The van der Waals surface area contributed by atoms with Crippen LogP contribution in [-0.4, -0.2) is 15.2 Å². The van der Waals surface area contributed by atoms with E-state index >= 15 is 0 Å². The van der Waals surface area contributed by atoms with E-state index in [1.54, 1.807) is 6.20 Å². The van der Waals surface area contributed by atoms with Gasteiger partial charge in [0.25, 0.3) is 0 Å². The van der Waals surface area contributed by atoms with Crippen LogP contribution in [-0.2, 0) is 0 Å². The molecule has 0 amide bonds. The van der Waals surface area contributed by atoms with Gasteiger partial charge in [0, 0.05) is 17.0 Å². The number of aromatic nitrogens is 3. The minimum atomic E-state index is 0.417. The van der Waals surface area contributed by atoms with Gasteiger partial charge in [0.05, 0.1) is 5.69 Å². The maximum atomic E-state index is 6.02. The van der Waals surface area contributed by atoms with Crippen molar-refractivity contribution in [3.05, 3.63) is 53.8 Å². The second kappa shape index (κ2) is 4.11. The van der Waals surface area contributed by atoms with Gasteiger partial charge < -0.3 is 0 Å². The van der Waals surface area contributed by atoms with E-state index in [-0.39, 0.29) is 0 Å². The zero-order chi connectivity index (χ0) is 11.7. The van der Waals surface area contributed by atoms with Crippen molar-refractivity contribution in [2.75, 3.05) is 0 Å². The van der Waals surface area contributed by atoms with Crippen LogP contribution in [0.25, 0.3) is 22.2 Å². The average Bonchev–Trinajstić information content (AvgIpc) is 2.41. The molecule has 1 aromatic carbocycles. The van der Waals surface area contributed by atoms with Crippen LogP contribution in [0.4, 0.5) is 0 Å². The van der Waals surface area contributed by atoms with E-state index in [2.05, 4.69) is 15.2 Å². The summed E-state index contributed by atoms with van der Waals surface area (Å²) in [4.78, 5) is 4.28. The number of rotatable bonds is 1. The molecule has 82 valence electrons. The zero-order valence-electron chi connectivity index (χ0n) is 8.84. The molecule has 0 bridgehead atoms. The van der Waals surface area contributed by atoms with E-state index < -0.39 is 0 Å². The molecule has 0 saturated carbocycles. The minimum Gasteiger partial charge on any atom is -0.255 e. The second-order valence-corrected chi connectivity index (χ2v) is 3.96. The monoisotopic (exact) mass is 241 g/mol. The van der Waals surface area contributed by atoms with E-state index in [1.807, 2.05) is 42.5 Å². The third-order valence-electron chi connectivity index (χ3n) is 2.55. The fourth-order valence-electron chi connectivity index (χ4n) is 1.76. The van der Waals surface area contributed by atoms with Gasteiger partial charge in [-0.15, -0.1) is 10.2 Å². The van der Waals surface area contributed by atoms with Crippen molar-refractivity contribution >= 4 is 22.4 Å². The first-order valence-corrected chi connectivity index (χ1v) is 5.56. The first-order chi connectivity index (χ1) is 8.36. The Hall–Kier alpha value is -2.00. The van der Waals surface area contributed by atoms with Crippen LogP contribution >= 0.6 is 11.6 Å². The standard InChI is InChI=1S/C13H8ClN3/c14-13-10-6-2-1-5-9(10)12(16-17-13)11-7-3-4-8-15-11/h1-8H. The highest BCUT2D eigenvalue weighted by atomic mass is 35.5. The Bertz CT molecular complexity index is 668. The molecular formula is C13H8ClN3. The molecule has 3 rings (SSSR count). The van der Waals surface area contributed by atoms with Crippen LogP contribution in [0.3, 0.4) is 0 Å². The molecule has 0 aliphatic rings. The Balaban J connectivity index is 2.35. The van der Waals surface area contributed by atoms with E-state index in [9.17, 15) is 0 Å². The van der Waals surface area contributed by atoms with Gasteiger partial charge in [0.2, 0.25) is 0 Å². The molecule has 0 atom stereocenters. The van der Waals surface area contributed by atoms with Crippen molar-refractivity contribution < 1.29 is 0 Å². The first kappa shape index (κ1) is 10.2. The van der Waals surface area contributed by atoms with Crippen molar-refractivity contribution in [3.63, 3.8) is 0 Å². The van der Waals surface area contributed by atoms with Crippen LogP contribution in [0, 0.1) is 0 Å². The fourth-order valence-corrected chi connectivity index (χ4v) is 1.97. The van der Waals surface area contributed by atoms with Gasteiger partial charge in [-0.3, -0.25) is 4.98 Å². The molecule has 0 unspecified atom stereocenters. The lowest BCUT2D eigenvalue weighted by Crippen LogP contribution is -1.92. The van der Waals surface area contributed by atoms with Crippen LogP contribution in [0.15, 0.2) is 48.7 Å². The molecule has 2 aromatic heterocycles. The molecular weight excluding hydrogens is 234 g/mol. The number of hydrogen-bond donors (Lipinski definition) is 0. The third kappa shape index (κ3) is 1.74. The SMILES string of the molecule is Clc1nnc(-c2ccccn2)c2ccccc12. The maximum absolute atomic E-state index is 6.02. The molecule has 0 N–H and O–H groups in total. The molecule has 0 saturated heterocycles. The van der Waals surface area contributed by atoms with Crippen LogP contribution in [0.1, 0.15) is 0 Å². The molecule has 0 spiro atoms. The summed E-state index contributed by atoms with van der Waals surface area (Å²) in [5, 5.41) is 10.4. The maximum Gasteiger partial charge on any atom is 0.159 e. The molecule has 17 heavy (non-hydrogen) atoms. The lowest BCUT2D eigenvalue weighted by molar-refractivity contribution is 1.05. The normalized spacial score (nSPS) is 10.6. The quantitative estimate of drug-likeness (QED) is 0.656. The van der Waals surface area contributed by atoms with Crippen LogP contribution in [0.2, 0.25) is 5.15 Å².